The molecule has 0 amide bonds. The molecule has 36 heavy (non-hydrogen) atoms. The highest BCUT2D eigenvalue weighted by Gasteiger charge is 2.21. The van der Waals surface area contributed by atoms with Crippen LogP contribution in [0.4, 0.5) is 5.69 Å². The summed E-state index contributed by atoms with van der Waals surface area (Å²) in [4.78, 5) is 28.8. The molecule has 0 spiro atoms. The molecule has 0 saturated heterocycles. The Labute approximate surface area is 219 Å². The van der Waals surface area contributed by atoms with Crippen molar-refractivity contribution >= 4 is 47.0 Å². The number of unbranched alkanes of at least 4 members (excludes halogenated alkanes) is 1. The summed E-state index contributed by atoms with van der Waals surface area (Å²) in [5.41, 5.74) is 0.452. The molecule has 0 N–H and O–H groups in total. The van der Waals surface area contributed by atoms with Crippen LogP contribution in [0.2, 0.25) is 5.02 Å². The van der Waals surface area contributed by atoms with Crippen LogP contribution in [0.5, 0.6) is 17.2 Å². The Balaban J connectivity index is 1.61. The number of alkyl halides is 1. The first-order valence-electron chi connectivity index (χ1n) is 11.2. The number of hydrogen-bond donors (Lipinski definition) is 0. The number of hydrogen-bond acceptors (Lipinski definition) is 7. The highest BCUT2D eigenvalue weighted by atomic mass is 35.5. The monoisotopic (exact) mass is 529 g/mol. The van der Waals surface area contributed by atoms with Gasteiger partial charge in [0.05, 0.1) is 25.0 Å². The van der Waals surface area contributed by atoms with Gasteiger partial charge in [-0.15, -0.1) is 0 Å². The first-order chi connectivity index (χ1) is 17.4. The molecule has 0 radical (unpaired) electrons. The van der Waals surface area contributed by atoms with Gasteiger partial charge in [0.1, 0.15) is 5.75 Å². The molecule has 0 aliphatic rings. The number of halogens is 2. The fourth-order valence-electron chi connectivity index (χ4n) is 2.91. The summed E-state index contributed by atoms with van der Waals surface area (Å²) < 4.78 is 21.3. The lowest BCUT2D eigenvalue weighted by molar-refractivity contribution is -0.138. The second kappa shape index (κ2) is 13.5. The van der Waals surface area contributed by atoms with E-state index in [9.17, 15) is 9.59 Å². The molecule has 9 heteroatoms. The molecule has 188 valence electrons. The van der Waals surface area contributed by atoms with Crippen molar-refractivity contribution in [2.75, 3.05) is 13.7 Å². The molecule has 0 heterocycles. The number of carbonyl (C=O) groups excluding carboxylic acids is 2. The van der Waals surface area contributed by atoms with E-state index in [1.54, 1.807) is 72.9 Å². The molecule has 0 bridgehead atoms. The zero-order chi connectivity index (χ0) is 25.9. The molecule has 3 aromatic rings. The third-order valence-corrected chi connectivity index (χ3v) is 5.35. The van der Waals surface area contributed by atoms with Crippen molar-refractivity contribution < 1.29 is 28.5 Å². The van der Waals surface area contributed by atoms with E-state index in [0.717, 1.165) is 12.8 Å². The number of aliphatic imine (C=N–C) groups is 1. The maximum atomic E-state index is 12.4. The lowest BCUT2D eigenvalue weighted by atomic mass is 10.2. The van der Waals surface area contributed by atoms with Gasteiger partial charge in [0.15, 0.2) is 11.5 Å². The summed E-state index contributed by atoms with van der Waals surface area (Å²) in [6, 6.07) is 18.1. The zero-order valence-corrected chi connectivity index (χ0v) is 21.3. The quantitative estimate of drug-likeness (QED) is 0.0913. The molecule has 3 rings (SSSR count). The summed E-state index contributed by atoms with van der Waals surface area (Å²) in [7, 11) is 1.45. The molecule has 0 fully saturated rings. The molecule has 3 aromatic carbocycles. The van der Waals surface area contributed by atoms with Gasteiger partial charge < -0.3 is 18.9 Å². The van der Waals surface area contributed by atoms with Crippen molar-refractivity contribution in [3.8, 4) is 17.2 Å². The SMILES string of the molecule is CCCCOC(=O)c1ccc(N=Cc2ccc(OC(=O)C(Cl)Oc3ccc(Cl)cc3)c(OC)c2)cc1. The molecular formula is C27H25Cl2NO6. The van der Waals surface area contributed by atoms with E-state index in [0.29, 0.717) is 39.9 Å². The number of benzene rings is 3. The molecule has 0 aromatic heterocycles. The van der Waals surface area contributed by atoms with Crippen LogP contribution in [0.25, 0.3) is 0 Å². The minimum absolute atomic E-state index is 0.177. The first-order valence-corrected chi connectivity index (χ1v) is 12.0. The van der Waals surface area contributed by atoms with E-state index < -0.39 is 11.5 Å². The van der Waals surface area contributed by atoms with E-state index in [1.807, 2.05) is 6.92 Å². The Morgan fingerprint density at radius 2 is 1.72 bits per heavy atom. The molecular weight excluding hydrogens is 505 g/mol. The van der Waals surface area contributed by atoms with Crippen molar-refractivity contribution in [1.82, 2.24) is 0 Å². The number of carbonyl (C=O) groups is 2. The Bertz CT molecular complexity index is 1200. The van der Waals surface area contributed by atoms with Crippen LogP contribution in [0, 0.1) is 0 Å². The fourth-order valence-corrected chi connectivity index (χ4v) is 3.18. The first kappa shape index (κ1) is 27.0. The van der Waals surface area contributed by atoms with Crippen LogP contribution in [-0.2, 0) is 9.53 Å². The summed E-state index contributed by atoms with van der Waals surface area (Å²) in [6.45, 7) is 2.44. The van der Waals surface area contributed by atoms with Crippen molar-refractivity contribution in [3.05, 3.63) is 82.9 Å². The molecule has 0 saturated carbocycles. The maximum absolute atomic E-state index is 12.4. The number of nitrogens with zero attached hydrogens (tertiary/aromatic N) is 1. The van der Waals surface area contributed by atoms with Gasteiger partial charge in [-0.1, -0.05) is 36.5 Å². The van der Waals surface area contributed by atoms with Gasteiger partial charge in [-0.25, -0.2) is 9.59 Å². The Kier molecular flexibility index (Phi) is 10.2. The van der Waals surface area contributed by atoms with E-state index in [4.69, 9.17) is 42.1 Å². The number of ether oxygens (including phenoxy) is 4. The normalized spacial score (nSPS) is 11.7. The second-order valence-electron chi connectivity index (χ2n) is 7.51. The molecule has 0 aliphatic heterocycles. The Morgan fingerprint density at radius 3 is 2.39 bits per heavy atom. The van der Waals surface area contributed by atoms with Crippen molar-refractivity contribution in [2.45, 2.75) is 25.3 Å². The summed E-state index contributed by atoms with van der Waals surface area (Å²) in [5.74, 6) is -0.300. The van der Waals surface area contributed by atoms with Crippen LogP contribution < -0.4 is 14.2 Å². The van der Waals surface area contributed by atoms with Gasteiger partial charge >= 0.3 is 11.9 Å². The number of esters is 2. The van der Waals surface area contributed by atoms with E-state index >= 15 is 0 Å². The van der Waals surface area contributed by atoms with Gasteiger partial charge in [0.2, 0.25) is 0 Å². The van der Waals surface area contributed by atoms with Crippen LogP contribution in [0.1, 0.15) is 35.7 Å². The zero-order valence-electron chi connectivity index (χ0n) is 19.8. The van der Waals surface area contributed by atoms with Crippen molar-refractivity contribution in [1.29, 1.82) is 0 Å². The van der Waals surface area contributed by atoms with Crippen molar-refractivity contribution in [2.24, 2.45) is 4.99 Å². The largest absolute Gasteiger partial charge is 0.493 e. The second-order valence-corrected chi connectivity index (χ2v) is 8.35. The minimum atomic E-state index is -1.37. The van der Waals surface area contributed by atoms with E-state index in [1.165, 1.54) is 7.11 Å². The summed E-state index contributed by atoms with van der Waals surface area (Å²) in [6.07, 6.45) is 3.41. The van der Waals surface area contributed by atoms with E-state index in [-0.39, 0.29) is 11.7 Å². The standard InChI is InChI=1S/C27H25Cl2NO6/c1-3-4-15-34-26(31)19-6-10-21(11-7-19)30-17-18-5-14-23(24(16-18)33-2)36-27(32)25(29)35-22-12-8-20(28)9-13-22/h5-14,16-17,25H,3-4,15H2,1-2H3. The molecule has 0 aliphatic carbocycles. The fraction of sp³-hybridized carbons (Fsp3) is 0.222. The van der Waals surface area contributed by atoms with Gasteiger partial charge in [0, 0.05) is 11.2 Å². The van der Waals surface area contributed by atoms with Gasteiger partial charge in [0.25, 0.3) is 5.56 Å². The van der Waals surface area contributed by atoms with Gasteiger partial charge in [-0.2, -0.15) is 0 Å². The third-order valence-electron chi connectivity index (χ3n) is 4.83. The molecule has 7 nitrogen and oxygen atoms in total. The van der Waals surface area contributed by atoms with E-state index in [2.05, 4.69) is 4.99 Å². The average Bonchev–Trinajstić information content (AvgIpc) is 2.89. The topological polar surface area (TPSA) is 83.4 Å². The maximum Gasteiger partial charge on any atom is 0.368 e. The lowest BCUT2D eigenvalue weighted by Crippen LogP contribution is -2.26. The third kappa shape index (κ3) is 8.00. The Hall–Kier alpha value is -3.55. The highest BCUT2D eigenvalue weighted by Crippen LogP contribution is 2.29. The van der Waals surface area contributed by atoms with Crippen LogP contribution in [0.3, 0.4) is 0 Å². The van der Waals surface area contributed by atoms with Crippen LogP contribution in [-0.4, -0.2) is 37.4 Å². The highest BCUT2D eigenvalue weighted by molar-refractivity contribution is 6.30. The molecule has 1 atom stereocenters. The van der Waals surface area contributed by atoms with Gasteiger partial charge in [-0.05, 0) is 78.7 Å². The van der Waals surface area contributed by atoms with Crippen LogP contribution in [0.15, 0.2) is 71.7 Å². The minimum Gasteiger partial charge on any atom is -0.493 e. The number of rotatable bonds is 11. The predicted molar refractivity (Wildman–Crippen MR) is 139 cm³/mol. The summed E-state index contributed by atoms with van der Waals surface area (Å²) in [5, 5.41) is 0.531. The van der Waals surface area contributed by atoms with Crippen LogP contribution >= 0.6 is 23.2 Å². The Morgan fingerprint density at radius 1 is 1.00 bits per heavy atom. The average molecular weight is 530 g/mol. The summed E-state index contributed by atoms with van der Waals surface area (Å²) >= 11 is 11.9. The van der Waals surface area contributed by atoms with Gasteiger partial charge in [-0.3, -0.25) is 4.99 Å². The lowest BCUT2D eigenvalue weighted by Gasteiger charge is -2.14. The number of methoxy groups -OCH3 is 1. The predicted octanol–water partition coefficient (Wildman–Crippen LogP) is 6.61. The van der Waals surface area contributed by atoms with Crippen molar-refractivity contribution in [3.63, 3.8) is 0 Å². The molecule has 1 unspecified atom stereocenters. The smallest absolute Gasteiger partial charge is 0.368 e.